The van der Waals surface area contributed by atoms with Crippen molar-refractivity contribution in [2.24, 2.45) is 11.7 Å². The lowest BCUT2D eigenvalue weighted by Crippen LogP contribution is -2.34. The van der Waals surface area contributed by atoms with Gasteiger partial charge in [-0.05, 0) is 49.3 Å². The molecule has 2 fully saturated rings. The molecule has 8 nitrogen and oxygen atoms in total. The summed E-state index contributed by atoms with van der Waals surface area (Å²) in [5, 5.41) is 12.2. The van der Waals surface area contributed by atoms with Gasteiger partial charge in [-0.2, -0.15) is 0 Å². The molecule has 138 valence electrons. The number of rotatable bonds is 6. The number of amides is 1. The summed E-state index contributed by atoms with van der Waals surface area (Å²) in [5.41, 5.74) is 5.67. The van der Waals surface area contributed by atoms with E-state index in [1.165, 1.54) is 19.3 Å². The Bertz CT molecular complexity index is 798. The van der Waals surface area contributed by atoms with E-state index >= 15 is 0 Å². The van der Waals surface area contributed by atoms with E-state index in [1.807, 2.05) is 6.20 Å². The maximum absolute atomic E-state index is 11.8. The van der Waals surface area contributed by atoms with Crippen LogP contribution < -0.4 is 11.1 Å². The van der Waals surface area contributed by atoms with Gasteiger partial charge in [0.15, 0.2) is 0 Å². The minimum atomic E-state index is -0.694. The van der Waals surface area contributed by atoms with Gasteiger partial charge in [0.25, 0.3) is 0 Å². The lowest BCUT2D eigenvalue weighted by Gasteiger charge is -2.30. The van der Waals surface area contributed by atoms with Crippen molar-refractivity contribution in [1.82, 2.24) is 25.0 Å². The molecule has 0 aliphatic heterocycles. The van der Waals surface area contributed by atoms with Gasteiger partial charge in [-0.1, -0.05) is 24.5 Å². The van der Waals surface area contributed by atoms with Crippen LogP contribution in [0.4, 0.5) is 5.82 Å². The van der Waals surface area contributed by atoms with E-state index in [4.69, 9.17) is 17.3 Å². The summed E-state index contributed by atoms with van der Waals surface area (Å²) >= 11 is 5.92. The van der Waals surface area contributed by atoms with Gasteiger partial charge in [0.1, 0.15) is 17.1 Å². The predicted molar refractivity (Wildman–Crippen MR) is 96.4 cm³/mol. The second-order valence-corrected chi connectivity index (χ2v) is 7.55. The van der Waals surface area contributed by atoms with Gasteiger partial charge in [0.05, 0.1) is 12.2 Å². The standard InChI is InChI=1S/C17H22ClN7O/c18-16-20-9-6-13(22-16)21-14(11-4-2-1-3-5-11)12-10-25(24-23-12)17(7-8-17)15(19)26/h6,9-11,14H,1-5,7-8H2,(H2,19,26)(H,20,21,22). The first-order valence-electron chi connectivity index (χ1n) is 9.06. The van der Waals surface area contributed by atoms with E-state index in [2.05, 4.69) is 25.6 Å². The molecule has 1 amide bonds. The van der Waals surface area contributed by atoms with Crippen LogP contribution in [0.15, 0.2) is 18.5 Å². The van der Waals surface area contributed by atoms with Crippen molar-refractivity contribution in [3.05, 3.63) is 29.4 Å². The highest BCUT2D eigenvalue weighted by Crippen LogP contribution is 2.43. The number of halogens is 1. The van der Waals surface area contributed by atoms with Gasteiger partial charge in [-0.15, -0.1) is 5.10 Å². The Morgan fingerprint density at radius 2 is 2.12 bits per heavy atom. The fraction of sp³-hybridized carbons (Fsp3) is 0.588. The lowest BCUT2D eigenvalue weighted by atomic mass is 9.83. The van der Waals surface area contributed by atoms with Crippen LogP contribution in [-0.2, 0) is 10.3 Å². The molecule has 26 heavy (non-hydrogen) atoms. The molecule has 2 aliphatic carbocycles. The van der Waals surface area contributed by atoms with Gasteiger partial charge in [0, 0.05) is 6.20 Å². The molecular formula is C17H22ClN7O. The van der Waals surface area contributed by atoms with Crippen LogP contribution >= 0.6 is 11.6 Å². The third-order valence-corrected chi connectivity index (χ3v) is 5.68. The number of hydrogen-bond donors (Lipinski definition) is 2. The highest BCUT2D eigenvalue weighted by atomic mass is 35.5. The highest BCUT2D eigenvalue weighted by Gasteiger charge is 2.52. The largest absolute Gasteiger partial charge is 0.368 e. The van der Waals surface area contributed by atoms with E-state index in [0.29, 0.717) is 24.6 Å². The molecule has 2 aromatic heterocycles. The number of nitrogens with zero attached hydrogens (tertiary/aromatic N) is 5. The van der Waals surface area contributed by atoms with Crippen molar-refractivity contribution >= 4 is 23.3 Å². The Morgan fingerprint density at radius 3 is 2.77 bits per heavy atom. The summed E-state index contributed by atoms with van der Waals surface area (Å²) in [6.45, 7) is 0. The summed E-state index contributed by atoms with van der Waals surface area (Å²) in [6.07, 6.45) is 10.8. The number of carbonyl (C=O) groups is 1. The van der Waals surface area contributed by atoms with Gasteiger partial charge in [0.2, 0.25) is 11.2 Å². The monoisotopic (exact) mass is 375 g/mol. The number of aromatic nitrogens is 5. The molecular weight excluding hydrogens is 354 g/mol. The molecule has 4 rings (SSSR count). The molecule has 2 heterocycles. The molecule has 2 aliphatic rings. The molecule has 0 aromatic carbocycles. The van der Waals surface area contributed by atoms with Crippen molar-refractivity contribution in [2.45, 2.75) is 56.5 Å². The van der Waals surface area contributed by atoms with Crippen LogP contribution in [0, 0.1) is 5.92 Å². The molecule has 3 N–H and O–H groups in total. The van der Waals surface area contributed by atoms with Crippen molar-refractivity contribution in [3.8, 4) is 0 Å². The molecule has 1 unspecified atom stereocenters. The Hall–Kier alpha value is -2.22. The molecule has 0 bridgehead atoms. The van der Waals surface area contributed by atoms with E-state index in [1.54, 1.807) is 16.9 Å². The summed E-state index contributed by atoms with van der Waals surface area (Å²) in [7, 11) is 0. The second-order valence-electron chi connectivity index (χ2n) is 7.21. The van der Waals surface area contributed by atoms with E-state index < -0.39 is 5.54 Å². The molecule has 1 atom stereocenters. The summed E-state index contributed by atoms with van der Waals surface area (Å²) in [6, 6.07) is 1.75. The summed E-state index contributed by atoms with van der Waals surface area (Å²) in [5.74, 6) is 0.733. The minimum Gasteiger partial charge on any atom is -0.368 e. The maximum Gasteiger partial charge on any atom is 0.245 e. The van der Waals surface area contributed by atoms with Crippen LogP contribution in [-0.4, -0.2) is 30.9 Å². The molecule has 0 saturated heterocycles. The smallest absolute Gasteiger partial charge is 0.245 e. The van der Waals surface area contributed by atoms with E-state index in [9.17, 15) is 4.79 Å². The topological polar surface area (TPSA) is 112 Å². The number of carbonyl (C=O) groups excluding carboxylic acids is 1. The van der Waals surface area contributed by atoms with Crippen molar-refractivity contribution in [2.75, 3.05) is 5.32 Å². The Kier molecular flexibility index (Phi) is 4.52. The third kappa shape index (κ3) is 3.25. The van der Waals surface area contributed by atoms with Crippen LogP contribution in [0.3, 0.4) is 0 Å². The second kappa shape index (κ2) is 6.83. The van der Waals surface area contributed by atoms with Crippen molar-refractivity contribution in [1.29, 1.82) is 0 Å². The summed E-state index contributed by atoms with van der Waals surface area (Å²) < 4.78 is 1.63. The van der Waals surface area contributed by atoms with Crippen LogP contribution in [0.2, 0.25) is 5.28 Å². The Labute approximate surface area is 156 Å². The molecule has 2 aromatic rings. The first kappa shape index (κ1) is 17.2. The first-order valence-corrected chi connectivity index (χ1v) is 9.44. The molecule has 0 spiro atoms. The SMILES string of the molecule is NC(=O)C1(n2cc(C(Nc3ccnc(Cl)n3)C3CCCCC3)nn2)CC1. The van der Waals surface area contributed by atoms with Crippen LogP contribution in [0.1, 0.15) is 56.7 Å². The van der Waals surface area contributed by atoms with Crippen molar-refractivity contribution < 1.29 is 4.79 Å². The zero-order chi connectivity index (χ0) is 18.1. The van der Waals surface area contributed by atoms with Gasteiger partial charge >= 0.3 is 0 Å². The van der Waals surface area contributed by atoms with Gasteiger partial charge < -0.3 is 11.1 Å². The zero-order valence-electron chi connectivity index (χ0n) is 14.4. The quantitative estimate of drug-likeness (QED) is 0.750. The molecule has 9 heteroatoms. The third-order valence-electron chi connectivity index (χ3n) is 5.50. The fourth-order valence-electron chi connectivity index (χ4n) is 3.81. The van der Waals surface area contributed by atoms with Gasteiger partial charge in [-0.25, -0.2) is 14.6 Å². The average molecular weight is 376 g/mol. The Morgan fingerprint density at radius 1 is 1.35 bits per heavy atom. The normalized spacial score (nSPS) is 20.5. The predicted octanol–water partition coefficient (Wildman–Crippen LogP) is 2.43. The van der Waals surface area contributed by atoms with E-state index in [-0.39, 0.29) is 17.2 Å². The zero-order valence-corrected chi connectivity index (χ0v) is 15.2. The highest BCUT2D eigenvalue weighted by molar-refractivity contribution is 6.28. The Balaban J connectivity index is 1.62. The average Bonchev–Trinajstić information content (AvgIpc) is 3.32. The molecule has 0 radical (unpaired) electrons. The number of hydrogen-bond acceptors (Lipinski definition) is 6. The van der Waals surface area contributed by atoms with Crippen molar-refractivity contribution in [3.63, 3.8) is 0 Å². The number of nitrogens with two attached hydrogens (primary N) is 1. The van der Waals surface area contributed by atoms with Crippen LogP contribution in [0.5, 0.6) is 0 Å². The van der Waals surface area contributed by atoms with Crippen LogP contribution in [0.25, 0.3) is 0 Å². The maximum atomic E-state index is 11.8. The molecule has 2 saturated carbocycles. The lowest BCUT2D eigenvalue weighted by molar-refractivity contribution is -0.122. The summed E-state index contributed by atoms with van der Waals surface area (Å²) in [4.78, 5) is 20.0. The number of anilines is 1. The fourth-order valence-corrected chi connectivity index (χ4v) is 3.96. The van der Waals surface area contributed by atoms with Gasteiger partial charge in [-0.3, -0.25) is 4.79 Å². The minimum absolute atomic E-state index is 0.0429. The first-order chi connectivity index (χ1) is 12.6. The number of primary amides is 1. The van der Waals surface area contributed by atoms with E-state index in [0.717, 1.165) is 18.5 Å². The number of nitrogens with one attached hydrogen (secondary N) is 1.